The van der Waals surface area contributed by atoms with E-state index in [1.165, 1.54) is 0 Å². The summed E-state index contributed by atoms with van der Waals surface area (Å²) in [6.07, 6.45) is 0. The number of hydrogen-bond donors (Lipinski definition) is 1. The van der Waals surface area contributed by atoms with Crippen LogP contribution in [0.25, 0.3) is 5.82 Å². The fraction of sp³-hybridized carbons (Fsp3) is 0.250. The first-order valence-electron chi connectivity index (χ1n) is 5.29. The van der Waals surface area contributed by atoms with Crippen molar-refractivity contribution in [3.05, 3.63) is 40.8 Å². The molecule has 0 aliphatic carbocycles. The Balaban J connectivity index is 2.59. The minimum Gasteiger partial charge on any atom is -0.389 e. The summed E-state index contributed by atoms with van der Waals surface area (Å²) >= 11 is 4.99. The summed E-state index contributed by atoms with van der Waals surface area (Å²) in [6.45, 7) is 5.86. The summed E-state index contributed by atoms with van der Waals surface area (Å²) in [5.41, 5.74) is 9.33. The average Bonchev–Trinajstić information content (AvgIpc) is 2.57. The molecule has 0 aliphatic heterocycles. The number of hydrogen-bond acceptors (Lipinski definition) is 3. The normalized spacial score (nSPS) is 10.5. The van der Waals surface area contributed by atoms with Gasteiger partial charge in [0.15, 0.2) is 5.82 Å². The van der Waals surface area contributed by atoms with E-state index in [0.29, 0.717) is 4.99 Å². The van der Waals surface area contributed by atoms with Gasteiger partial charge in [0.1, 0.15) is 4.99 Å². The molecule has 0 aromatic carbocycles. The van der Waals surface area contributed by atoms with Gasteiger partial charge < -0.3 is 5.73 Å². The monoisotopic (exact) mass is 246 g/mol. The topological polar surface area (TPSA) is 56.7 Å². The lowest BCUT2D eigenvalue weighted by Crippen LogP contribution is -2.12. The summed E-state index contributed by atoms with van der Waals surface area (Å²) in [7, 11) is 0. The lowest BCUT2D eigenvalue weighted by Gasteiger charge is -2.07. The van der Waals surface area contributed by atoms with Gasteiger partial charge in [-0.15, -0.1) is 0 Å². The van der Waals surface area contributed by atoms with Crippen molar-refractivity contribution in [2.75, 3.05) is 0 Å². The number of thiocarbonyl (C=S) groups is 1. The molecule has 2 N–H and O–H groups in total. The molecule has 0 fully saturated rings. The van der Waals surface area contributed by atoms with Crippen molar-refractivity contribution in [3.63, 3.8) is 0 Å². The molecule has 0 amide bonds. The van der Waals surface area contributed by atoms with Gasteiger partial charge in [0.25, 0.3) is 0 Å². The van der Waals surface area contributed by atoms with Crippen molar-refractivity contribution in [2.45, 2.75) is 20.8 Å². The van der Waals surface area contributed by atoms with Gasteiger partial charge in [0, 0.05) is 17.0 Å². The van der Waals surface area contributed by atoms with Gasteiger partial charge in [-0.2, -0.15) is 5.10 Å². The van der Waals surface area contributed by atoms with E-state index in [0.717, 1.165) is 28.5 Å². The van der Waals surface area contributed by atoms with Crippen LogP contribution in [-0.4, -0.2) is 19.8 Å². The second-order valence-corrected chi connectivity index (χ2v) is 4.50. The SMILES string of the molecule is Cc1cc(C(N)=S)cc(-n2nc(C)cc2C)n1. The zero-order valence-electron chi connectivity index (χ0n) is 10.1. The molecule has 0 saturated carbocycles. The Morgan fingerprint density at radius 1 is 1.18 bits per heavy atom. The van der Waals surface area contributed by atoms with Gasteiger partial charge in [-0.25, -0.2) is 9.67 Å². The van der Waals surface area contributed by atoms with Crippen molar-refractivity contribution in [1.29, 1.82) is 0 Å². The van der Waals surface area contributed by atoms with E-state index in [9.17, 15) is 0 Å². The molecule has 0 spiro atoms. The highest BCUT2D eigenvalue weighted by molar-refractivity contribution is 7.80. The first-order chi connectivity index (χ1) is 7.97. The molecule has 5 heteroatoms. The van der Waals surface area contributed by atoms with E-state index in [2.05, 4.69) is 10.1 Å². The van der Waals surface area contributed by atoms with Crippen molar-refractivity contribution in [3.8, 4) is 5.82 Å². The summed E-state index contributed by atoms with van der Waals surface area (Å²) in [5, 5.41) is 4.39. The van der Waals surface area contributed by atoms with Crippen LogP contribution in [0.2, 0.25) is 0 Å². The molecule has 0 radical (unpaired) electrons. The predicted molar refractivity (Wildman–Crippen MR) is 71.5 cm³/mol. The van der Waals surface area contributed by atoms with Gasteiger partial charge in [0.05, 0.1) is 5.69 Å². The first-order valence-corrected chi connectivity index (χ1v) is 5.70. The highest BCUT2D eigenvalue weighted by atomic mass is 32.1. The van der Waals surface area contributed by atoms with Crippen molar-refractivity contribution in [1.82, 2.24) is 14.8 Å². The smallest absolute Gasteiger partial charge is 0.154 e. The van der Waals surface area contributed by atoms with Crippen LogP contribution < -0.4 is 5.73 Å². The molecule has 0 atom stereocenters. The van der Waals surface area contributed by atoms with Crippen LogP contribution in [0.4, 0.5) is 0 Å². The Bertz CT molecular complexity index is 586. The summed E-state index contributed by atoms with van der Waals surface area (Å²) in [5.74, 6) is 0.749. The zero-order valence-corrected chi connectivity index (χ0v) is 10.9. The Morgan fingerprint density at radius 2 is 1.88 bits per heavy atom. The second-order valence-electron chi connectivity index (χ2n) is 4.06. The van der Waals surface area contributed by atoms with E-state index < -0.39 is 0 Å². The molecular weight excluding hydrogens is 232 g/mol. The molecule has 0 aliphatic rings. The van der Waals surface area contributed by atoms with E-state index in [1.54, 1.807) is 4.68 Å². The molecule has 17 heavy (non-hydrogen) atoms. The Morgan fingerprint density at radius 3 is 2.41 bits per heavy atom. The molecule has 0 saturated heterocycles. The molecule has 2 aromatic heterocycles. The number of nitrogens with zero attached hydrogens (tertiary/aromatic N) is 3. The predicted octanol–water partition coefficient (Wildman–Crippen LogP) is 1.83. The minimum absolute atomic E-state index is 0.373. The zero-order chi connectivity index (χ0) is 12.6. The van der Waals surface area contributed by atoms with Crippen LogP contribution in [0.5, 0.6) is 0 Å². The average molecular weight is 246 g/mol. The third kappa shape index (κ3) is 2.34. The maximum atomic E-state index is 5.65. The van der Waals surface area contributed by atoms with E-state index >= 15 is 0 Å². The number of nitrogens with two attached hydrogens (primary N) is 1. The van der Waals surface area contributed by atoms with Gasteiger partial charge in [-0.1, -0.05) is 12.2 Å². The fourth-order valence-corrected chi connectivity index (χ4v) is 1.88. The van der Waals surface area contributed by atoms with Gasteiger partial charge in [0.2, 0.25) is 0 Å². The summed E-state index contributed by atoms with van der Waals surface area (Å²) < 4.78 is 1.80. The second kappa shape index (κ2) is 4.25. The van der Waals surface area contributed by atoms with Crippen LogP contribution in [0.15, 0.2) is 18.2 Å². The van der Waals surface area contributed by atoms with E-state index in [4.69, 9.17) is 18.0 Å². The van der Waals surface area contributed by atoms with Crippen molar-refractivity contribution in [2.24, 2.45) is 5.73 Å². The van der Waals surface area contributed by atoms with Gasteiger partial charge >= 0.3 is 0 Å². The first kappa shape index (κ1) is 11.7. The Hall–Kier alpha value is -1.75. The molecule has 88 valence electrons. The summed E-state index contributed by atoms with van der Waals surface area (Å²) in [6, 6.07) is 5.73. The maximum Gasteiger partial charge on any atom is 0.154 e. The van der Waals surface area contributed by atoms with E-state index in [1.807, 2.05) is 39.0 Å². The van der Waals surface area contributed by atoms with Crippen LogP contribution in [0, 0.1) is 20.8 Å². The fourth-order valence-electron chi connectivity index (χ4n) is 1.76. The Kier molecular flexibility index (Phi) is 2.93. The third-order valence-electron chi connectivity index (χ3n) is 2.45. The molecule has 2 rings (SSSR count). The molecular formula is C12H14N4S. The van der Waals surface area contributed by atoms with Gasteiger partial charge in [-0.3, -0.25) is 0 Å². The number of aromatic nitrogens is 3. The Labute approximate surface area is 105 Å². The lowest BCUT2D eigenvalue weighted by atomic mass is 10.2. The molecule has 2 aromatic rings. The van der Waals surface area contributed by atoms with Crippen LogP contribution >= 0.6 is 12.2 Å². The largest absolute Gasteiger partial charge is 0.389 e. The quantitative estimate of drug-likeness (QED) is 0.821. The van der Waals surface area contributed by atoms with Crippen LogP contribution in [-0.2, 0) is 0 Å². The summed E-state index contributed by atoms with van der Waals surface area (Å²) in [4.78, 5) is 4.82. The van der Waals surface area contributed by atoms with Crippen LogP contribution in [0.3, 0.4) is 0 Å². The third-order valence-corrected chi connectivity index (χ3v) is 2.69. The van der Waals surface area contributed by atoms with Crippen molar-refractivity contribution >= 4 is 17.2 Å². The minimum atomic E-state index is 0.373. The highest BCUT2D eigenvalue weighted by Gasteiger charge is 2.08. The molecule has 0 unspecified atom stereocenters. The molecule has 4 nitrogen and oxygen atoms in total. The highest BCUT2D eigenvalue weighted by Crippen LogP contribution is 2.13. The molecule has 2 heterocycles. The molecule has 0 bridgehead atoms. The standard InChI is InChI=1S/C12H14N4S/c1-7-5-10(12(13)17)6-11(14-7)16-9(3)4-8(2)15-16/h4-6H,1-3H3,(H2,13,17). The maximum absolute atomic E-state index is 5.65. The number of pyridine rings is 1. The number of rotatable bonds is 2. The van der Waals surface area contributed by atoms with Crippen molar-refractivity contribution < 1.29 is 0 Å². The lowest BCUT2D eigenvalue weighted by molar-refractivity contribution is 0.801. The van der Waals surface area contributed by atoms with Gasteiger partial charge in [-0.05, 0) is 39.0 Å². The van der Waals surface area contributed by atoms with Crippen LogP contribution in [0.1, 0.15) is 22.6 Å². The number of aryl methyl sites for hydroxylation is 3. The van der Waals surface area contributed by atoms with E-state index in [-0.39, 0.29) is 0 Å².